The molecular formula is C17H19N5O2S2. The van der Waals surface area contributed by atoms with E-state index in [1.54, 1.807) is 24.4 Å². The van der Waals surface area contributed by atoms with Crippen molar-refractivity contribution in [3.8, 4) is 11.3 Å². The van der Waals surface area contributed by atoms with Gasteiger partial charge >= 0.3 is 0 Å². The summed E-state index contributed by atoms with van der Waals surface area (Å²) in [6.45, 7) is 0.726. The Bertz CT molecular complexity index is 984. The molecule has 0 spiro atoms. The number of pyridine rings is 1. The standard InChI is InChI=1S/C17H19N5O2S2/c1-26(23,24)22-14-4-2-12(3-5-14)6-8-20-17-21-15(11-25-17)13-7-9-19-16(18)10-13/h2-5,7,9-11,22H,6,8H2,1H3,(H2,18,19)(H,20,21). The fourth-order valence-electron chi connectivity index (χ4n) is 2.36. The van der Waals surface area contributed by atoms with Gasteiger partial charge in [0.05, 0.1) is 11.9 Å². The maximum atomic E-state index is 11.2. The third-order valence-electron chi connectivity index (χ3n) is 3.53. The van der Waals surface area contributed by atoms with Crippen molar-refractivity contribution in [3.05, 3.63) is 53.5 Å². The molecule has 0 saturated heterocycles. The lowest BCUT2D eigenvalue weighted by molar-refractivity contribution is 0.607. The first-order chi connectivity index (χ1) is 12.4. The zero-order valence-electron chi connectivity index (χ0n) is 14.1. The molecular weight excluding hydrogens is 370 g/mol. The Morgan fingerprint density at radius 1 is 1.19 bits per heavy atom. The molecule has 3 rings (SSSR count). The van der Waals surface area contributed by atoms with Crippen molar-refractivity contribution in [2.75, 3.05) is 28.6 Å². The normalized spacial score (nSPS) is 11.3. The number of nitrogens with one attached hydrogen (secondary N) is 2. The first-order valence-electron chi connectivity index (χ1n) is 7.87. The highest BCUT2D eigenvalue weighted by Gasteiger charge is 2.05. The van der Waals surface area contributed by atoms with Gasteiger partial charge in [-0.1, -0.05) is 12.1 Å². The Hall–Kier alpha value is -2.65. The first kappa shape index (κ1) is 18.2. The molecule has 0 aliphatic heterocycles. The number of nitrogens with zero attached hydrogens (tertiary/aromatic N) is 2. The summed E-state index contributed by atoms with van der Waals surface area (Å²) < 4.78 is 24.8. The van der Waals surface area contributed by atoms with E-state index in [2.05, 4.69) is 20.0 Å². The topological polar surface area (TPSA) is 110 Å². The molecule has 3 aromatic rings. The van der Waals surface area contributed by atoms with Gasteiger partial charge < -0.3 is 11.1 Å². The summed E-state index contributed by atoms with van der Waals surface area (Å²) >= 11 is 1.53. The highest BCUT2D eigenvalue weighted by molar-refractivity contribution is 7.92. The number of nitrogens with two attached hydrogens (primary N) is 1. The Morgan fingerprint density at radius 2 is 1.96 bits per heavy atom. The molecule has 136 valence electrons. The van der Waals surface area contributed by atoms with E-state index >= 15 is 0 Å². The van der Waals surface area contributed by atoms with Crippen molar-refractivity contribution in [2.24, 2.45) is 0 Å². The number of hydrogen-bond acceptors (Lipinski definition) is 7. The summed E-state index contributed by atoms with van der Waals surface area (Å²) in [6, 6.07) is 11.0. The van der Waals surface area contributed by atoms with Crippen LogP contribution in [0.2, 0.25) is 0 Å². The number of thiazole rings is 1. The number of aromatic nitrogens is 2. The van der Waals surface area contributed by atoms with Crippen LogP contribution in [0.3, 0.4) is 0 Å². The number of rotatable bonds is 7. The van der Waals surface area contributed by atoms with Crippen LogP contribution in [0.1, 0.15) is 5.56 Å². The van der Waals surface area contributed by atoms with Crippen LogP contribution >= 0.6 is 11.3 Å². The maximum Gasteiger partial charge on any atom is 0.229 e. The third-order valence-corrected chi connectivity index (χ3v) is 4.93. The molecule has 0 fully saturated rings. The quantitative estimate of drug-likeness (QED) is 0.573. The van der Waals surface area contributed by atoms with Gasteiger partial charge in [0.15, 0.2) is 5.13 Å². The molecule has 7 nitrogen and oxygen atoms in total. The lowest BCUT2D eigenvalue weighted by atomic mass is 10.1. The summed E-state index contributed by atoms with van der Waals surface area (Å²) in [7, 11) is -3.25. The molecule has 0 amide bonds. The van der Waals surface area contributed by atoms with E-state index in [0.717, 1.165) is 41.2 Å². The lowest BCUT2D eigenvalue weighted by Gasteiger charge is -2.06. The number of hydrogen-bond donors (Lipinski definition) is 3. The molecule has 1 aromatic carbocycles. The van der Waals surface area contributed by atoms with Crippen LogP contribution in [0, 0.1) is 0 Å². The fraction of sp³-hybridized carbons (Fsp3) is 0.176. The summed E-state index contributed by atoms with van der Waals surface area (Å²) in [6.07, 6.45) is 3.60. The van der Waals surface area contributed by atoms with Gasteiger partial charge in [-0.05, 0) is 36.2 Å². The van der Waals surface area contributed by atoms with Crippen molar-refractivity contribution in [3.63, 3.8) is 0 Å². The fourth-order valence-corrected chi connectivity index (χ4v) is 3.68. The Labute approximate surface area is 156 Å². The molecule has 2 aromatic heterocycles. The molecule has 0 saturated carbocycles. The number of anilines is 3. The summed E-state index contributed by atoms with van der Waals surface area (Å²) in [5, 5.41) is 6.11. The molecule has 4 N–H and O–H groups in total. The van der Waals surface area contributed by atoms with Gasteiger partial charge in [-0.15, -0.1) is 11.3 Å². The second-order valence-corrected chi connectivity index (χ2v) is 8.36. The van der Waals surface area contributed by atoms with Crippen LogP contribution < -0.4 is 15.8 Å². The molecule has 2 heterocycles. The van der Waals surface area contributed by atoms with E-state index in [9.17, 15) is 8.42 Å². The zero-order valence-corrected chi connectivity index (χ0v) is 15.8. The van der Waals surface area contributed by atoms with E-state index in [4.69, 9.17) is 5.73 Å². The minimum Gasteiger partial charge on any atom is -0.384 e. The van der Waals surface area contributed by atoms with Gasteiger partial charge in [0.1, 0.15) is 5.82 Å². The second-order valence-electron chi connectivity index (χ2n) is 5.76. The van der Waals surface area contributed by atoms with Crippen molar-refractivity contribution in [1.82, 2.24) is 9.97 Å². The van der Waals surface area contributed by atoms with Gasteiger partial charge in [0, 0.05) is 29.4 Å². The van der Waals surface area contributed by atoms with Crippen LogP contribution in [-0.4, -0.2) is 31.2 Å². The largest absolute Gasteiger partial charge is 0.384 e. The molecule has 0 aliphatic carbocycles. The number of sulfonamides is 1. The van der Waals surface area contributed by atoms with E-state index in [-0.39, 0.29) is 0 Å². The predicted octanol–water partition coefficient (Wildman–Crippen LogP) is 2.81. The second kappa shape index (κ2) is 7.71. The van der Waals surface area contributed by atoms with Gasteiger partial charge in [0.2, 0.25) is 10.0 Å². The molecule has 0 radical (unpaired) electrons. The lowest BCUT2D eigenvalue weighted by Crippen LogP contribution is -2.09. The average Bonchev–Trinajstić information content (AvgIpc) is 3.04. The molecule has 0 aliphatic rings. The van der Waals surface area contributed by atoms with Crippen LogP contribution in [0.25, 0.3) is 11.3 Å². The molecule has 0 unspecified atom stereocenters. The van der Waals surface area contributed by atoms with Crippen LogP contribution in [0.4, 0.5) is 16.6 Å². The number of nitrogen functional groups attached to an aromatic ring is 1. The van der Waals surface area contributed by atoms with Gasteiger partial charge in [-0.3, -0.25) is 4.72 Å². The third kappa shape index (κ3) is 5.17. The summed E-state index contributed by atoms with van der Waals surface area (Å²) in [4.78, 5) is 8.54. The maximum absolute atomic E-state index is 11.2. The number of benzene rings is 1. The average molecular weight is 390 g/mol. The molecule has 0 bridgehead atoms. The van der Waals surface area contributed by atoms with Gasteiger partial charge in [0.25, 0.3) is 0 Å². The van der Waals surface area contributed by atoms with E-state index in [0.29, 0.717) is 11.5 Å². The highest BCUT2D eigenvalue weighted by atomic mass is 32.2. The smallest absolute Gasteiger partial charge is 0.229 e. The van der Waals surface area contributed by atoms with Gasteiger partial charge in [-0.25, -0.2) is 18.4 Å². The predicted molar refractivity (Wildman–Crippen MR) is 107 cm³/mol. The Morgan fingerprint density at radius 3 is 2.65 bits per heavy atom. The van der Waals surface area contributed by atoms with E-state index < -0.39 is 10.0 Å². The summed E-state index contributed by atoms with van der Waals surface area (Å²) in [5.74, 6) is 0.471. The van der Waals surface area contributed by atoms with Crippen LogP contribution in [-0.2, 0) is 16.4 Å². The summed E-state index contributed by atoms with van der Waals surface area (Å²) in [5.41, 5.74) is 9.17. The molecule has 9 heteroatoms. The minimum absolute atomic E-state index is 0.471. The van der Waals surface area contributed by atoms with Crippen molar-refractivity contribution >= 4 is 38.0 Å². The monoisotopic (exact) mass is 389 g/mol. The van der Waals surface area contributed by atoms with Crippen molar-refractivity contribution in [1.29, 1.82) is 0 Å². The van der Waals surface area contributed by atoms with Crippen molar-refractivity contribution < 1.29 is 8.42 Å². The van der Waals surface area contributed by atoms with Gasteiger partial charge in [-0.2, -0.15) is 0 Å². The minimum atomic E-state index is -3.25. The van der Waals surface area contributed by atoms with E-state index in [1.165, 1.54) is 11.3 Å². The Kier molecular flexibility index (Phi) is 5.38. The van der Waals surface area contributed by atoms with Crippen LogP contribution in [0.15, 0.2) is 48.0 Å². The Balaban J connectivity index is 1.54. The highest BCUT2D eigenvalue weighted by Crippen LogP contribution is 2.25. The zero-order chi connectivity index (χ0) is 18.6. The molecule has 26 heavy (non-hydrogen) atoms. The molecule has 0 atom stereocenters. The van der Waals surface area contributed by atoms with E-state index in [1.807, 2.05) is 23.6 Å². The van der Waals surface area contributed by atoms with Crippen molar-refractivity contribution in [2.45, 2.75) is 6.42 Å². The first-order valence-corrected chi connectivity index (χ1v) is 10.6. The SMILES string of the molecule is CS(=O)(=O)Nc1ccc(CCNc2nc(-c3ccnc(N)c3)cs2)cc1. The van der Waals surface area contributed by atoms with Crippen LogP contribution in [0.5, 0.6) is 0 Å².